The number of aromatic nitrogens is 2. The van der Waals surface area contributed by atoms with Crippen LogP contribution in [-0.2, 0) is 0 Å². The SMILES string of the molecule is Cc1cccc(-c2cc3c(N[C@@H]4CCC(C)C4(C)C)c(C(N)=O)cnn3c2)c1. The van der Waals surface area contributed by atoms with Gasteiger partial charge in [0.05, 0.1) is 23.0 Å². The van der Waals surface area contributed by atoms with Crippen molar-refractivity contribution in [3.05, 3.63) is 53.9 Å². The van der Waals surface area contributed by atoms with Crippen LogP contribution in [0.15, 0.2) is 42.7 Å². The van der Waals surface area contributed by atoms with E-state index in [0.29, 0.717) is 11.5 Å². The molecule has 1 aliphatic rings. The molecule has 1 unspecified atom stereocenters. The summed E-state index contributed by atoms with van der Waals surface area (Å²) in [5, 5.41) is 8.10. The number of hydrogen-bond donors (Lipinski definition) is 2. The van der Waals surface area contributed by atoms with Crippen molar-refractivity contribution < 1.29 is 4.79 Å². The molecule has 2 heterocycles. The van der Waals surface area contributed by atoms with E-state index in [1.165, 1.54) is 12.0 Å². The summed E-state index contributed by atoms with van der Waals surface area (Å²) >= 11 is 0. The smallest absolute Gasteiger partial charge is 0.252 e. The minimum absolute atomic E-state index is 0.140. The lowest BCUT2D eigenvalue weighted by atomic mass is 9.80. The third-order valence-electron chi connectivity index (χ3n) is 6.63. The molecule has 1 aromatic carbocycles. The minimum atomic E-state index is -0.459. The highest BCUT2D eigenvalue weighted by atomic mass is 16.1. The molecule has 1 amide bonds. The Kier molecular flexibility index (Phi) is 4.41. The van der Waals surface area contributed by atoms with E-state index >= 15 is 0 Å². The number of carbonyl (C=O) groups excluding carboxylic acids is 1. The molecular formula is C23H28N4O. The van der Waals surface area contributed by atoms with Gasteiger partial charge in [0.2, 0.25) is 0 Å². The van der Waals surface area contributed by atoms with Gasteiger partial charge in [0.25, 0.3) is 5.91 Å². The summed E-state index contributed by atoms with van der Waals surface area (Å²) in [5.41, 5.74) is 11.3. The largest absolute Gasteiger partial charge is 0.379 e. The summed E-state index contributed by atoms with van der Waals surface area (Å²) in [4.78, 5) is 12.1. The fourth-order valence-electron chi connectivity index (χ4n) is 4.31. The summed E-state index contributed by atoms with van der Waals surface area (Å²) in [6.45, 7) is 8.97. The summed E-state index contributed by atoms with van der Waals surface area (Å²) in [5.74, 6) is 0.161. The van der Waals surface area contributed by atoms with Crippen molar-refractivity contribution in [2.45, 2.75) is 46.6 Å². The van der Waals surface area contributed by atoms with E-state index in [1.807, 2.05) is 10.7 Å². The lowest BCUT2D eigenvalue weighted by molar-refractivity contribution is 0.100. The molecule has 2 atom stereocenters. The molecule has 1 aliphatic carbocycles. The lowest BCUT2D eigenvalue weighted by Crippen LogP contribution is -2.35. The molecular weight excluding hydrogens is 348 g/mol. The standard InChI is InChI=1S/C23H28N4O/c1-14-6-5-7-16(10-14)17-11-19-21(18(22(24)28)12-25-27(19)13-17)26-20-9-8-15(2)23(20,3)4/h5-7,10-13,15,20,26H,8-9H2,1-4H3,(H2,24,28)/t15?,20-/m1/s1. The van der Waals surface area contributed by atoms with Crippen molar-refractivity contribution in [2.24, 2.45) is 17.1 Å². The molecule has 5 nitrogen and oxygen atoms in total. The van der Waals surface area contributed by atoms with Crippen LogP contribution in [0, 0.1) is 18.3 Å². The van der Waals surface area contributed by atoms with Gasteiger partial charge in [0.1, 0.15) is 0 Å². The maximum Gasteiger partial charge on any atom is 0.252 e. The van der Waals surface area contributed by atoms with Crippen LogP contribution >= 0.6 is 0 Å². The zero-order valence-corrected chi connectivity index (χ0v) is 17.0. The first-order chi connectivity index (χ1) is 13.3. The van der Waals surface area contributed by atoms with Gasteiger partial charge in [0.15, 0.2) is 0 Å². The second-order valence-corrected chi connectivity index (χ2v) is 8.72. The number of hydrogen-bond acceptors (Lipinski definition) is 3. The average Bonchev–Trinajstić information content (AvgIpc) is 3.18. The van der Waals surface area contributed by atoms with Gasteiger partial charge in [-0.3, -0.25) is 4.79 Å². The number of primary amides is 1. The van der Waals surface area contributed by atoms with E-state index < -0.39 is 5.91 Å². The number of nitrogens with one attached hydrogen (secondary N) is 1. The molecule has 0 spiro atoms. The Labute approximate surface area is 165 Å². The van der Waals surface area contributed by atoms with Crippen molar-refractivity contribution in [3.8, 4) is 11.1 Å². The van der Waals surface area contributed by atoms with Crippen LogP contribution in [0.5, 0.6) is 0 Å². The van der Waals surface area contributed by atoms with Gasteiger partial charge in [0, 0.05) is 17.8 Å². The molecule has 3 aromatic rings. The van der Waals surface area contributed by atoms with Crippen LogP contribution in [0.1, 0.15) is 49.5 Å². The Morgan fingerprint density at radius 3 is 2.68 bits per heavy atom. The molecule has 0 bridgehead atoms. The van der Waals surface area contributed by atoms with Crippen LogP contribution < -0.4 is 11.1 Å². The molecule has 4 rings (SSSR count). The van der Waals surface area contributed by atoms with E-state index in [1.54, 1.807) is 6.20 Å². The van der Waals surface area contributed by atoms with E-state index in [0.717, 1.165) is 28.8 Å². The number of aryl methyl sites for hydroxylation is 1. The van der Waals surface area contributed by atoms with Crippen LogP contribution in [0.25, 0.3) is 16.6 Å². The Bertz CT molecular complexity index is 1050. The number of amides is 1. The monoisotopic (exact) mass is 376 g/mol. The van der Waals surface area contributed by atoms with Gasteiger partial charge in [-0.2, -0.15) is 5.10 Å². The van der Waals surface area contributed by atoms with Crippen molar-refractivity contribution in [3.63, 3.8) is 0 Å². The first kappa shape index (κ1) is 18.5. The van der Waals surface area contributed by atoms with Crippen molar-refractivity contribution in [2.75, 3.05) is 5.32 Å². The van der Waals surface area contributed by atoms with Gasteiger partial charge < -0.3 is 11.1 Å². The van der Waals surface area contributed by atoms with Crippen LogP contribution in [0.3, 0.4) is 0 Å². The number of anilines is 1. The molecule has 5 heteroatoms. The number of nitrogens with two attached hydrogens (primary N) is 1. The highest BCUT2D eigenvalue weighted by Crippen LogP contribution is 2.44. The maximum absolute atomic E-state index is 12.1. The molecule has 1 fully saturated rings. The van der Waals surface area contributed by atoms with Crippen LogP contribution in [0.4, 0.5) is 5.69 Å². The minimum Gasteiger partial charge on any atom is -0.379 e. The fourth-order valence-corrected chi connectivity index (χ4v) is 4.31. The van der Waals surface area contributed by atoms with E-state index in [4.69, 9.17) is 5.73 Å². The number of fused-ring (bicyclic) bond motifs is 1. The Morgan fingerprint density at radius 1 is 1.25 bits per heavy atom. The normalized spacial score (nSPS) is 21.1. The number of benzene rings is 1. The number of rotatable bonds is 4. The summed E-state index contributed by atoms with van der Waals surface area (Å²) in [6.07, 6.45) is 5.82. The number of carbonyl (C=O) groups is 1. The lowest BCUT2D eigenvalue weighted by Gasteiger charge is -2.33. The van der Waals surface area contributed by atoms with Gasteiger partial charge >= 0.3 is 0 Å². The van der Waals surface area contributed by atoms with Crippen molar-refractivity contribution >= 4 is 17.1 Å². The third-order valence-corrected chi connectivity index (χ3v) is 6.63. The molecule has 3 N–H and O–H groups in total. The topological polar surface area (TPSA) is 72.4 Å². The highest BCUT2D eigenvalue weighted by molar-refractivity contribution is 6.02. The quantitative estimate of drug-likeness (QED) is 0.696. The molecule has 1 saturated carbocycles. The Balaban J connectivity index is 1.83. The second-order valence-electron chi connectivity index (χ2n) is 8.72. The Morgan fingerprint density at radius 2 is 2.04 bits per heavy atom. The summed E-state index contributed by atoms with van der Waals surface area (Å²) < 4.78 is 1.83. The van der Waals surface area contributed by atoms with Gasteiger partial charge in [-0.25, -0.2) is 4.52 Å². The van der Waals surface area contributed by atoms with Crippen LogP contribution in [-0.4, -0.2) is 21.6 Å². The zero-order chi connectivity index (χ0) is 20.1. The van der Waals surface area contributed by atoms with E-state index in [2.05, 4.69) is 68.4 Å². The maximum atomic E-state index is 12.1. The average molecular weight is 377 g/mol. The predicted octanol–water partition coefficient (Wildman–Crippen LogP) is 4.65. The zero-order valence-electron chi connectivity index (χ0n) is 17.0. The van der Waals surface area contributed by atoms with Crippen molar-refractivity contribution in [1.29, 1.82) is 0 Å². The van der Waals surface area contributed by atoms with Gasteiger partial charge in [-0.1, -0.05) is 50.6 Å². The summed E-state index contributed by atoms with van der Waals surface area (Å²) in [6, 6.07) is 10.7. The highest BCUT2D eigenvalue weighted by Gasteiger charge is 2.41. The number of nitrogens with zero attached hydrogens (tertiary/aromatic N) is 2. The van der Waals surface area contributed by atoms with Gasteiger partial charge in [-0.05, 0) is 42.7 Å². The first-order valence-corrected chi connectivity index (χ1v) is 9.92. The van der Waals surface area contributed by atoms with E-state index in [-0.39, 0.29) is 11.5 Å². The molecule has 0 aliphatic heterocycles. The van der Waals surface area contributed by atoms with Gasteiger partial charge in [-0.15, -0.1) is 0 Å². The van der Waals surface area contributed by atoms with Crippen LogP contribution in [0.2, 0.25) is 0 Å². The summed E-state index contributed by atoms with van der Waals surface area (Å²) in [7, 11) is 0. The molecule has 2 aromatic heterocycles. The van der Waals surface area contributed by atoms with Crippen molar-refractivity contribution in [1.82, 2.24) is 9.61 Å². The molecule has 28 heavy (non-hydrogen) atoms. The Hall–Kier alpha value is -2.82. The third kappa shape index (κ3) is 3.05. The first-order valence-electron chi connectivity index (χ1n) is 9.92. The second kappa shape index (κ2) is 6.66. The fraction of sp³-hybridized carbons (Fsp3) is 0.391. The molecule has 0 saturated heterocycles. The predicted molar refractivity (Wildman–Crippen MR) is 113 cm³/mol. The van der Waals surface area contributed by atoms with E-state index in [9.17, 15) is 4.79 Å². The molecule has 0 radical (unpaired) electrons. The molecule has 146 valence electrons.